The minimum absolute atomic E-state index is 0.00389. The van der Waals surface area contributed by atoms with Crippen LogP contribution in [0.25, 0.3) is 15.9 Å². The van der Waals surface area contributed by atoms with Gasteiger partial charge in [-0.1, -0.05) is 83.2 Å². The highest BCUT2D eigenvalue weighted by Crippen LogP contribution is 2.29. The Labute approximate surface area is 198 Å². The summed E-state index contributed by atoms with van der Waals surface area (Å²) in [7, 11) is 0. The Morgan fingerprint density at radius 2 is 1.72 bits per heavy atom. The van der Waals surface area contributed by atoms with Crippen LogP contribution in [0, 0.1) is 6.92 Å². The first kappa shape index (κ1) is 21.0. The lowest BCUT2D eigenvalue weighted by Gasteiger charge is -2.13. The molecule has 0 fully saturated rings. The molecule has 5 nitrogen and oxygen atoms in total. The van der Waals surface area contributed by atoms with Crippen molar-refractivity contribution < 1.29 is 0 Å². The van der Waals surface area contributed by atoms with Gasteiger partial charge in [0.25, 0.3) is 0 Å². The molecule has 0 unspecified atom stereocenters. The van der Waals surface area contributed by atoms with Gasteiger partial charge < -0.3 is 0 Å². The summed E-state index contributed by atoms with van der Waals surface area (Å²) >= 11 is 9.18. The summed E-state index contributed by atoms with van der Waals surface area (Å²) in [4.78, 5) is 12.7. The van der Waals surface area contributed by atoms with Crippen LogP contribution in [0.1, 0.15) is 17.0 Å². The Morgan fingerprint density at radius 3 is 2.56 bits per heavy atom. The average molecular weight is 479 g/mol. The fraction of sp³-hybridized carbons (Fsp3) is 0.125. The van der Waals surface area contributed by atoms with E-state index in [4.69, 9.17) is 11.6 Å². The molecule has 0 radical (unpaired) electrons. The molecule has 0 aliphatic heterocycles. The third-order valence-electron chi connectivity index (χ3n) is 5.24. The summed E-state index contributed by atoms with van der Waals surface area (Å²) in [6.07, 6.45) is 0. The van der Waals surface area contributed by atoms with Gasteiger partial charge in [-0.15, -0.1) is 10.2 Å². The third-order valence-corrected chi connectivity index (χ3v) is 7.55. The molecule has 2 aromatic heterocycles. The van der Waals surface area contributed by atoms with Crippen LogP contribution in [0.5, 0.6) is 0 Å². The topological polar surface area (TPSA) is 52.7 Å². The van der Waals surface area contributed by atoms with E-state index in [1.807, 2.05) is 60.7 Å². The van der Waals surface area contributed by atoms with E-state index in [1.54, 1.807) is 16.3 Å². The van der Waals surface area contributed by atoms with Crippen LogP contribution in [-0.4, -0.2) is 19.3 Å². The molecule has 5 aromatic rings. The molecule has 2 heterocycles. The molecule has 0 aliphatic rings. The highest BCUT2D eigenvalue weighted by atomic mass is 35.5. The number of nitrogens with zero attached hydrogens (tertiary/aromatic N) is 4. The van der Waals surface area contributed by atoms with Gasteiger partial charge in [0, 0.05) is 10.8 Å². The smallest absolute Gasteiger partial charge is 0.291 e. The molecule has 0 saturated heterocycles. The summed E-state index contributed by atoms with van der Waals surface area (Å²) in [6, 6.07) is 23.8. The molecule has 0 amide bonds. The molecule has 0 saturated carbocycles. The van der Waals surface area contributed by atoms with Crippen molar-refractivity contribution in [2.75, 3.05) is 0 Å². The number of fused-ring (bicyclic) bond motifs is 1. The average Bonchev–Trinajstić information content (AvgIpc) is 3.34. The minimum Gasteiger partial charge on any atom is -0.291 e. The number of aryl methyl sites for hydroxylation is 1. The van der Waals surface area contributed by atoms with Gasteiger partial charge in [0.05, 0.1) is 22.4 Å². The summed E-state index contributed by atoms with van der Waals surface area (Å²) in [6.45, 7) is 2.41. The maximum Gasteiger partial charge on any atom is 0.308 e. The Balaban J connectivity index is 1.57. The van der Waals surface area contributed by atoms with Crippen LogP contribution >= 0.6 is 34.7 Å². The van der Waals surface area contributed by atoms with E-state index in [0.717, 1.165) is 37.2 Å². The molecule has 0 N–H and O–H groups in total. The number of halogens is 1. The van der Waals surface area contributed by atoms with E-state index in [1.165, 1.54) is 11.3 Å². The Kier molecular flexibility index (Phi) is 5.87. The van der Waals surface area contributed by atoms with Crippen LogP contribution in [0.15, 0.2) is 82.7 Å². The van der Waals surface area contributed by atoms with E-state index < -0.39 is 0 Å². The van der Waals surface area contributed by atoms with Crippen LogP contribution in [0.4, 0.5) is 0 Å². The van der Waals surface area contributed by atoms with Crippen LogP contribution in [0.3, 0.4) is 0 Å². The molecule has 0 aliphatic carbocycles. The quantitative estimate of drug-likeness (QED) is 0.283. The predicted molar refractivity (Wildman–Crippen MR) is 132 cm³/mol. The number of aromatic nitrogens is 4. The molecule has 0 spiro atoms. The molecule has 32 heavy (non-hydrogen) atoms. The molecule has 0 bridgehead atoms. The molecule has 0 atom stereocenters. The fourth-order valence-corrected chi connectivity index (χ4v) is 5.76. The van der Waals surface area contributed by atoms with Crippen molar-refractivity contribution in [3.63, 3.8) is 0 Å². The SMILES string of the molecule is Cc1ccccc1-n1c(Cn2c(=O)sc3ccccc32)nnc1SCc1ccccc1Cl. The van der Waals surface area contributed by atoms with E-state index in [9.17, 15) is 4.79 Å². The Morgan fingerprint density at radius 1 is 0.969 bits per heavy atom. The number of rotatable bonds is 6. The van der Waals surface area contributed by atoms with Gasteiger partial charge in [-0.3, -0.25) is 13.9 Å². The number of benzene rings is 3. The molecular weight excluding hydrogens is 460 g/mol. The second kappa shape index (κ2) is 8.94. The van der Waals surface area contributed by atoms with Gasteiger partial charge in [0.1, 0.15) is 0 Å². The second-order valence-corrected chi connectivity index (χ2v) is 9.67. The highest BCUT2D eigenvalue weighted by Gasteiger charge is 2.18. The van der Waals surface area contributed by atoms with Crippen molar-refractivity contribution in [1.29, 1.82) is 0 Å². The van der Waals surface area contributed by atoms with Gasteiger partial charge >= 0.3 is 4.87 Å². The monoisotopic (exact) mass is 478 g/mol. The van der Waals surface area contributed by atoms with Crippen molar-refractivity contribution in [1.82, 2.24) is 19.3 Å². The molecular formula is C24H19ClN4OS2. The summed E-state index contributed by atoms with van der Waals surface area (Å²) in [5.41, 5.74) is 4.06. The molecule has 5 rings (SSSR count). The van der Waals surface area contributed by atoms with Crippen molar-refractivity contribution in [2.24, 2.45) is 0 Å². The summed E-state index contributed by atoms with van der Waals surface area (Å²) < 4.78 is 4.78. The lowest BCUT2D eigenvalue weighted by atomic mass is 10.2. The van der Waals surface area contributed by atoms with Crippen LogP contribution < -0.4 is 4.87 Å². The van der Waals surface area contributed by atoms with Gasteiger partial charge in [-0.25, -0.2) is 0 Å². The van der Waals surface area contributed by atoms with Crippen LogP contribution in [0.2, 0.25) is 5.02 Å². The maximum absolute atomic E-state index is 12.7. The second-order valence-electron chi connectivity index (χ2n) is 7.32. The summed E-state index contributed by atoms with van der Waals surface area (Å²) in [5, 5.41) is 10.5. The van der Waals surface area contributed by atoms with Gasteiger partial charge in [0.2, 0.25) is 0 Å². The molecule has 160 valence electrons. The van der Waals surface area contributed by atoms with Crippen molar-refractivity contribution >= 4 is 44.9 Å². The zero-order valence-corrected chi connectivity index (χ0v) is 19.6. The summed E-state index contributed by atoms with van der Waals surface area (Å²) in [5.74, 6) is 1.39. The Hall–Kier alpha value is -2.87. The van der Waals surface area contributed by atoms with E-state index in [0.29, 0.717) is 18.1 Å². The maximum atomic E-state index is 12.7. The Bertz CT molecular complexity index is 1470. The van der Waals surface area contributed by atoms with Gasteiger partial charge in [0.15, 0.2) is 11.0 Å². The number of hydrogen-bond acceptors (Lipinski definition) is 5. The van der Waals surface area contributed by atoms with E-state index >= 15 is 0 Å². The predicted octanol–water partition coefficient (Wildman–Crippen LogP) is 5.95. The van der Waals surface area contributed by atoms with E-state index in [2.05, 4.69) is 33.8 Å². The first-order valence-corrected chi connectivity index (χ1v) is 12.2. The molecule has 3 aromatic carbocycles. The zero-order chi connectivity index (χ0) is 22.1. The largest absolute Gasteiger partial charge is 0.308 e. The van der Waals surface area contributed by atoms with Crippen LogP contribution in [-0.2, 0) is 12.3 Å². The van der Waals surface area contributed by atoms with Crippen molar-refractivity contribution in [3.8, 4) is 5.69 Å². The minimum atomic E-state index is -0.00389. The lowest BCUT2D eigenvalue weighted by molar-refractivity contribution is 0.724. The first-order valence-electron chi connectivity index (χ1n) is 10.1. The van der Waals surface area contributed by atoms with Gasteiger partial charge in [-0.05, 0) is 42.3 Å². The normalized spacial score (nSPS) is 11.3. The van der Waals surface area contributed by atoms with Crippen molar-refractivity contribution in [3.05, 3.63) is 104 Å². The lowest BCUT2D eigenvalue weighted by Crippen LogP contribution is -2.17. The third kappa shape index (κ3) is 3.99. The first-order chi connectivity index (χ1) is 15.6. The standard InChI is InChI=1S/C24H19ClN4OS2/c1-16-8-2-5-11-19(16)29-22(14-28-20-12-6-7-13-21(20)32-24(28)30)26-27-23(29)31-15-17-9-3-4-10-18(17)25/h2-13H,14-15H2,1H3. The zero-order valence-electron chi connectivity index (χ0n) is 17.2. The van der Waals surface area contributed by atoms with Crippen molar-refractivity contribution in [2.45, 2.75) is 24.4 Å². The number of thioether (sulfide) groups is 1. The highest BCUT2D eigenvalue weighted by molar-refractivity contribution is 7.98. The fourth-order valence-electron chi connectivity index (χ4n) is 3.62. The van der Waals surface area contributed by atoms with E-state index in [-0.39, 0.29) is 4.87 Å². The number of hydrogen-bond donors (Lipinski definition) is 0. The number of para-hydroxylation sites is 2. The number of thiazole rings is 1. The van der Waals surface area contributed by atoms with Gasteiger partial charge in [-0.2, -0.15) is 0 Å². The molecule has 8 heteroatoms.